The van der Waals surface area contributed by atoms with E-state index in [1.54, 1.807) is 0 Å². The second-order valence-electron chi connectivity index (χ2n) is 4.84. The Morgan fingerprint density at radius 2 is 1.68 bits per heavy atom. The molecule has 0 unspecified atom stereocenters. The molecule has 0 fully saturated rings. The molecule has 0 heterocycles. The number of carbonyl (C=O) groups excluding carboxylic acids is 1. The molecule has 1 N–H and O–H groups in total. The van der Waals surface area contributed by atoms with Crippen LogP contribution in [0.1, 0.15) is 34.3 Å². The molecule has 0 aliphatic carbocycles. The number of hydrogen-bond acceptors (Lipinski definition) is 1. The van der Waals surface area contributed by atoms with Crippen molar-refractivity contribution in [3.8, 4) is 0 Å². The smallest absolute Gasteiger partial charge is 0.251 e. The fourth-order valence-corrected chi connectivity index (χ4v) is 2.07. The van der Waals surface area contributed by atoms with Crippen molar-refractivity contribution < 1.29 is 4.79 Å². The van der Waals surface area contributed by atoms with Crippen LogP contribution in [0.25, 0.3) is 0 Å². The predicted octanol–water partition coefficient (Wildman–Crippen LogP) is 3.53. The summed E-state index contributed by atoms with van der Waals surface area (Å²) in [4.78, 5) is 12.1. The van der Waals surface area contributed by atoms with Crippen molar-refractivity contribution >= 4 is 5.91 Å². The number of amides is 1. The molecule has 0 aromatic heterocycles. The van der Waals surface area contributed by atoms with Crippen molar-refractivity contribution in [2.24, 2.45) is 0 Å². The van der Waals surface area contributed by atoms with E-state index in [0.29, 0.717) is 12.5 Å². The molecule has 2 rings (SSSR count). The highest BCUT2D eigenvalue weighted by molar-refractivity contribution is 5.95. The van der Waals surface area contributed by atoms with Crippen LogP contribution in [-0.4, -0.2) is 12.5 Å². The third kappa shape index (κ3) is 3.44. The Bertz CT molecular complexity index is 548. The van der Waals surface area contributed by atoms with E-state index in [-0.39, 0.29) is 5.91 Å². The molecule has 0 radical (unpaired) electrons. The van der Waals surface area contributed by atoms with E-state index in [1.165, 1.54) is 5.56 Å². The minimum absolute atomic E-state index is 0.000816. The largest absolute Gasteiger partial charge is 0.351 e. The van der Waals surface area contributed by atoms with E-state index in [1.807, 2.05) is 49.4 Å². The van der Waals surface area contributed by atoms with Gasteiger partial charge in [-0.05, 0) is 30.0 Å². The predicted molar refractivity (Wildman–Crippen MR) is 78.4 cm³/mol. The summed E-state index contributed by atoms with van der Waals surface area (Å²) in [6, 6.07) is 17.9. The molecule has 1 amide bonds. The zero-order chi connectivity index (χ0) is 13.7. The lowest BCUT2D eigenvalue weighted by Gasteiger charge is -2.13. The number of benzene rings is 2. The van der Waals surface area contributed by atoms with Crippen LogP contribution in [0.15, 0.2) is 54.6 Å². The summed E-state index contributed by atoms with van der Waals surface area (Å²) in [5.41, 5.74) is 3.00. The van der Waals surface area contributed by atoms with Gasteiger partial charge in [-0.3, -0.25) is 4.79 Å². The molecule has 98 valence electrons. The van der Waals surface area contributed by atoms with Crippen LogP contribution in [0.2, 0.25) is 0 Å². The van der Waals surface area contributed by atoms with E-state index >= 15 is 0 Å². The summed E-state index contributed by atoms with van der Waals surface area (Å²) < 4.78 is 0. The van der Waals surface area contributed by atoms with Crippen molar-refractivity contribution in [1.29, 1.82) is 0 Å². The highest BCUT2D eigenvalue weighted by Gasteiger charge is 2.10. The van der Waals surface area contributed by atoms with Gasteiger partial charge in [0.15, 0.2) is 0 Å². The third-order valence-corrected chi connectivity index (χ3v) is 3.33. The molecular weight excluding hydrogens is 234 g/mol. The lowest BCUT2D eigenvalue weighted by molar-refractivity contribution is 0.0951. The molecular formula is C17H19NO. The summed E-state index contributed by atoms with van der Waals surface area (Å²) in [7, 11) is 0. The van der Waals surface area contributed by atoms with E-state index in [4.69, 9.17) is 0 Å². The molecule has 2 aromatic carbocycles. The fourth-order valence-electron chi connectivity index (χ4n) is 2.07. The van der Waals surface area contributed by atoms with Gasteiger partial charge in [0.05, 0.1) is 0 Å². The van der Waals surface area contributed by atoms with Gasteiger partial charge in [0.2, 0.25) is 0 Å². The van der Waals surface area contributed by atoms with Gasteiger partial charge in [-0.25, -0.2) is 0 Å². The van der Waals surface area contributed by atoms with Gasteiger partial charge in [0.1, 0.15) is 0 Å². The maximum Gasteiger partial charge on any atom is 0.251 e. The van der Waals surface area contributed by atoms with E-state index in [2.05, 4.69) is 24.4 Å². The molecule has 19 heavy (non-hydrogen) atoms. The van der Waals surface area contributed by atoms with Crippen LogP contribution in [0.5, 0.6) is 0 Å². The number of hydrogen-bond donors (Lipinski definition) is 1. The SMILES string of the molecule is Cc1ccccc1C(=O)NC[C@@H](C)c1ccccc1. The van der Waals surface area contributed by atoms with Crippen LogP contribution in [-0.2, 0) is 0 Å². The Morgan fingerprint density at radius 3 is 2.37 bits per heavy atom. The van der Waals surface area contributed by atoms with Crippen LogP contribution in [0.3, 0.4) is 0 Å². The molecule has 1 atom stereocenters. The first-order chi connectivity index (χ1) is 9.18. The van der Waals surface area contributed by atoms with Gasteiger partial charge in [-0.1, -0.05) is 55.5 Å². The topological polar surface area (TPSA) is 29.1 Å². The van der Waals surface area contributed by atoms with Crippen molar-refractivity contribution in [3.05, 3.63) is 71.3 Å². The molecule has 2 aromatic rings. The first-order valence-electron chi connectivity index (χ1n) is 6.57. The zero-order valence-corrected chi connectivity index (χ0v) is 11.4. The lowest BCUT2D eigenvalue weighted by Crippen LogP contribution is -2.28. The first kappa shape index (κ1) is 13.3. The van der Waals surface area contributed by atoms with Crippen LogP contribution in [0.4, 0.5) is 0 Å². The van der Waals surface area contributed by atoms with Crippen molar-refractivity contribution in [2.75, 3.05) is 6.54 Å². The molecule has 2 heteroatoms. The quantitative estimate of drug-likeness (QED) is 0.887. The Hall–Kier alpha value is -2.09. The lowest BCUT2D eigenvalue weighted by atomic mass is 10.0. The number of carbonyl (C=O) groups is 1. The second kappa shape index (κ2) is 6.19. The number of nitrogens with one attached hydrogen (secondary N) is 1. The van der Waals surface area contributed by atoms with Gasteiger partial charge in [-0.2, -0.15) is 0 Å². The molecule has 2 nitrogen and oxygen atoms in total. The zero-order valence-electron chi connectivity index (χ0n) is 11.4. The molecule has 0 aliphatic rings. The van der Waals surface area contributed by atoms with E-state index in [0.717, 1.165) is 11.1 Å². The maximum atomic E-state index is 12.1. The van der Waals surface area contributed by atoms with Crippen LogP contribution < -0.4 is 5.32 Å². The summed E-state index contributed by atoms with van der Waals surface area (Å²) >= 11 is 0. The molecule has 0 saturated heterocycles. The van der Waals surface area contributed by atoms with Crippen LogP contribution >= 0.6 is 0 Å². The summed E-state index contributed by atoms with van der Waals surface area (Å²) in [5.74, 6) is 0.315. The second-order valence-corrected chi connectivity index (χ2v) is 4.84. The van der Waals surface area contributed by atoms with Gasteiger partial charge in [0.25, 0.3) is 5.91 Å². The highest BCUT2D eigenvalue weighted by atomic mass is 16.1. The number of rotatable bonds is 4. The summed E-state index contributed by atoms with van der Waals surface area (Å²) in [6.45, 7) is 4.72. The van der Waals surface area contributed by atoms with Gasteiger partial charge < -0.3 is 5.32 Å². The maximum absolute atomic E-state index is 12.1. The van der Waals surface area contributed by atoms with Gasteiger partial charge in [-0.15, -0.1) is 0 Å². The monoisotopic (exact) mass is 253 g/mol. The highest BCUT2D eigenvalue weighted by Crippen LogP contribution is 2.13. The average molecular weight is 253 g/mol. The Morgan fingerprint density at radius 1 is 1.05 bits per heavy atom. The van der Waals surface area contributed by atoms with Crippen molar-refractivity contribution in [3.63, 3.8) is 0 Å². The first-order valence-corrected chi connectivity index (χ1v) is 6.57. The van der Waals surface area contributed by atoms with E-state index < -0.39 is 0 Å². The van der Waals surface area contributed by atoms with Crippen molar-refractivity contribution in [2.45, 2.75) is 19.8 Å². The minimum atomic E-state index is 0.000816. The Kier molecular flexibility index (Phi) is 4.35. The molecule has 0 aliphatic heterocycles. The normalized spacial score (nSPS) is 11.9. The van der Waals surface area contributed by atoms with Gasteiger partial charge in [0, 0.05) is 12.1 Å². The standard InChI is InChI=1S/C17H19NO/c1-13-8-6-7-11-16(13)17(19)18-12-14(2)15-9-4-3-5-10-15/h3-11,14H,12H2,1-2H3,(H,18,19)/t14-/m1/s1. The van der Waals surface area contributed by atoms with E-state index in [9.17, 15) is 4.79 Å². The van der Waals surface area contributed by atoms with Crippen LogP contribution in [0, 0.1) is 6.92 Å². The molecule has 0 saturated carbocycles. The van der Waals surface area contributed by atoms with Gasteiger partial charge >= 0.3 is 0 Å². The number of aryl methyl sites for hydroxylation is 1. The molecule has 0 bridgehead atoms. The Labute approximate surface area is 114 Å². The summed E-state index contributed by atoms with van der Waals surface area (Å²) in [6.07, 6.45) is 0. The fraction of sp³-hybridized carbons (Fsp3) is 0.235. The summed E-state index contributed by atoms with van der Waals surface area (Å²) in [5, 5.41) is 3.00. The minimum Gasteiger partial charge on any atom is -0.351 e. The average Bonchev–Trinajstić information content (AvgIpc) is 2.46. The molecule has 0 spiro atoms. The Balaban J connectivity index is 1.96. The van der Waals surface area contributed by atoms with Crippen molar-refractivity contribution in [1.82, 2.24) is 5.32 Å². The third-order valence-electron chi connectivity index (χ3n) is 3.33.